The summed E-state index contributed by atoms with van der Waals surface area (Å²) in [5.74, 6) is -2.09. The zero-order valence-corrected chi connectivity index (χ0v) is 17.2. The number of hydrogen-bond acceptors (Lipinski definition) is 6. The fourth-order valence-electron chi connectivity index (χ4n) is 2.96. The van der Waals surface area contributed by atoms with Crippen LogP contribution in [0.1, 0.15) is 21.5 Å². The second kappa shape index (κ2) is 10.2. The molecule has 0 spiro atoms. The monoisotopic (exact) mass is 440 g/mol. The van der Waals surface area contributed by atoms with Crippen LogP contribution in [-0.2, 0) is 14.4 Å². The van der Waals surface area contributed by atoms with E-state index in [0.717, 1.165) is 17.2 Å². The van der Waals surface area contributed by atoms with E-state index in [2.05, 4.69) is 15.3 Å². The van der Waals surface area contributed by atoms with Crippen molar-refractivity contribution in [2.24, 2.45) is 10.9 Å². The minimum Gasteiger partial charge on any atom is -0.442 e. The third-order valence-corrected chi connectivity index (χ3v) is 4.58. The van der Waals surface area contributed by atoms with E-state index in [0.29, 0.717) is 0 Å². The molecule has 1 aliphatic rings. The molecule has 9 nitrogen and oxygen atoms in total. The number of hydrogen-bond donors (Lipinski definition) is 2. The van der Waals surface area contributed by atoms with E-state index < -0.39 is 23.9 Å². The van der Waals surface area contributed by atoms with Crippen molar-refractivity contribution in [2.75, 3.05) is 25.1 Å². The van der Waals surface area contributed by atoms with Crippen molar-refractivity contribution in [3.8, 4) is 0 Å². The maximum Gasteiger partial charge on any atom is 0.414 e. The molecule has 1 atom stereocenters. The van der Waals surface area contributed by atoms with Crippen LogP contribution < -0.4 is 16.0 Å². The number of halogens is 1. The van der Waals surface area contributed by atoms with Gasteiger partial charge in [0.1, 0.15) is 19.0 Å². The van der Waals surface area contributed by atoms with Gasteiger partial charge in [-0.25, -0.2) is 9.18 Å². The number of carbonyl (C=O) groups excluding carboxylic acids is 3. The van der Waals surface area contributed by atoms with Crippen LogP contribution in [0.4, 0.5) is 14.9 Å². The van der Waals surface area contributed by atoms with E-state index in [4.69, 9.17) is 10.5 Å². The number of amides is 3. The van der Waals surface area contributed by atoms with Crippen LogP contribution in [0.2, 0.25) is 0 Å². The van der Waals surface area contributed by atoms with E-state index in [1.165, 1.54) is 30.2 Å². The maximum absolute atomic E-state index is 14.0. The SMILES string of the molecule is CO/N=C/c1ccc(/C=C/C(=O)NC[C@H]2CN(c3ccc(C(N)=O)c(F)c3)C(=O)O2)cc1. The Morgan fingerprint density at radius 1 is 1.28 bits per heavy atom. The van der Waals surface area contributed by atoms with Crippen LogP contribution >= 0.6 is 0 Å². The molecule has 1 aliphatic heterocycles. The normalized spacial score (nSPS) is 15.9. The van der Waals surface area contributed by atoms with Crippen LogP contribution in [0, 0.1) is 5.82 Å². The molecular formula is C22H21FN4O5. The maximum atomic E-state index is 14.0. The van der Waals surface area contributed by atoms with Gasteiger partial charge in [0.15, 0.2) is 0 Å². The highest BCUT2D eigenvalue weighted by atomic mass is 19.1. The van der Waals surface area contributed by atoms with Crippen LogP contribution in [-0.4, -0.2) is 50.4 Å². The molecule has 1 fully saturated rings. The van der Waals surface area contributed by atoms with Gasteiger partial charge >= 0.3 is 6.09 Å². The molecule has 10 heteroatoms. The van der Waals surface area contributed by atoms with Gasteiger partial charge in [0, 0.05) is 6.08 Å². The summed E-state index contributed by atoms with van der Waals surface area (Å²) in [5, 5.41) is 6.33. The Labute approximate surface area is 183 Å². The molecule has 1 saturated heterocycles. The van der Waals surface area contributed by atoms with E-state index in [9.17, 15) is 18.8 Å². The highest BCUT2D eigenvalue weighted by Crippen LogP contribution is 2.23. The summed E-state index contributed by atoms with van der Waals surface area (Å²) in [6.45, 7) is 0.197. The summed E-state index contributed by atoms with van der Waals surface area (Å²) in [6, 6.07) is 10.9. The van der Waals surface area contributed by atoms with Crippen LogP contribution in [0.5, 0.6) is 0 Å². The third kappa shape index (κ3) is 5.69. The molecule has 0 saturated carbocycles. The Kier molecular flexibility index (Phi) is 7.17. The van der Waals surface area contributed by atoms with Gasteiger partial charge in [-0.05, 0) is 35.4 Å². The zero-order chi connectivity index (χ0) is 23.1. The number of nitrogens with one attached hydrogen (secondary N) is 1. The number of cyclic esters (lactones) is 1. The van der Waals surface area contributed by atoms with E-state index in [1.54, 1.807) is 12.3 Å². The lowest BCUT2D eigenvalue weighted by atomic mass is 10.1. The Morgan fingerprint density at radius 3 is 2.66 bits per heavy atom. The first-order valence-electron chi connectivity index (χ1n) is 9.57. The number of anilines is 1. The largest absolute Gasteiger partial charge is 0.442 e. The fourth-order valence-corrected chi connectivity index (χ4v) is 2.96. The zero-order valence-electron chi connectivity index (χ0n) is 17.2. The molecule has 3 amide bonds. The highest BCUT2D eigenvalue weighted by Gasteiger charge is 2.32. The highest BCUT2D eigenvalue weighted by molar-refractivity contribution is 5.95. The predicted octanol–water partition coefficient (Wildman–Crippen LogP) is 2.06. The van der Waals surface area contributed by atoms with Gasteiger partial charge < -0.3 is 20.6 Å². The van der Waals surface area contributed by atoms with Gasteiger partial charge in [-0.1, -0.05) is 29.4 Å². The molecule has 166 valence electrons. The van der Waals surface area contributed by atoms with Crippen molar-refractivity contribution < 1.29 is 28.3 Å². The predicted molar refractivity (Wildman–Crippen MR) is 116 cm³/mol. The van der Waals surface area contributed by atoms with Crippen molar-refractivity contribution in [3.63, 3.8) is 0 Å². The van der Waals surface area contributed by atoms with Gasteiger partial charge in [-0.15, -0.1) is 0 Å². The standard InChI is InChI=1S/C22H21FN4O5/c1-31-26-11-15-4-2-14(3-5-15)6-9-20(28)25-12-17-13-27(22(30)32-17)16-7-8-18(21(24)29)19(23)10-16/h2-11,17H,12-13H2,1H3,(H2,24,29)(H,25,28)/b9-6+,26-11+/t17-/m0/s1. The molecule has 3 N–H and O–H groups in total. The van der Waals surface area contributed by atoms with Crippen molar-refractivity contribution in [1.82, 2.24) is 5.32 Å². The van der Waals surface area contributed by atoms with Crippen molar-refractivity contribution in [3.05, 3.63) is 71.0 Å². The molecule has 0 aromatic heterocycles. The first-order valence-corrected chi connectivity index (χ1v) is 9.57. The summed E-state index contributed by atoms with van der Waals surface area (Å²) in [7, 11) is 1.46. The summed E-state index contributed by atoms with van der Waals surface area (Å²) < 4.78 is 19.2. The molecule has 3 rings (SSSR count). The fraction of sp³-hybridized carbons (Fsp3) is 0.182. The second-order valence-electron chi connectivity index (χ2n) is 6.81. The molecule has 0 aliphatic carbocycles. The number of rotatable bonds is 8. The summed E-state index contributed by atoms with van der Waals surface area (Å²) in [4.78, 5) is 41.2. The van der Waals surface area contributed by atoms with Gasteiger partial charge in [-0.2, -0.15) is 0 Å². The minimum atomic E-state index is -0.900. The first kappa shape index (κ1) is 22.5. The summed E-state index contributed by atoms with van der Waals surface area (Å²) >= 11 is 0. The smallest absolute Gasteiger partial charge is 0.414 e. The van der Waals surface area contributed by atoms with E-state index >= 15 is 0 Å². The third-order valence-electron chi connectivity index (χ3n) is 4.58. The molecule has 32 heavy (non-hydrogen) atoms. The molecule has 0 radical (unpaired) electrons. The number of oxime groups is 1. The molecular weight excluding hydrogens is 419 g/mol. The number of ether oxygens (including phenoxy) is 1. The lowest BCUT2D eigenvalue weighted by Crippen LogP contribution is -2.33. The Balaban J connectivity index is 1.52. The topological polar surface area (TPSA) is 123 Å². The number of carbonyl (C=O) groups is 3. The van der Waals surface area contributed by atoms with Gasteiger partial charge in [0.2, 0.25) is 5.91 Å². The minimum absolute atomic E-state index is 0.0830. The van der Waals surface area contributed by atoms with Crippen LogP contribution in [0.25, 0.3) is 6.08 Å². The van der Waals surface area contributed by atoms with E-state index in [1.807, 2.05) is 24.3 Å². The summed E-state index contributed by atoms with van der Waals surface area (Å²) in [5.41, 5.74) is 6.71. The molecule has 2 aromatic rings. The number of primary amides is 1. The quantitative estimate of drug-likeness (QED) is 0.370. The molecule has 2 aromatic carbocycles. The van der Waals surface area contributed by atoms with Crippen molar-refractivity contribution >= 4 is 35.9 Å². The Hall–Kier alpha value is -4.21. The lowest BCUT2D eigenvalue weighted by molar-refractivity contribution is -0.116. The molecule has 1 heterocycles. The van der Waals surface area contributed by atoms with Gasteiger partial charge in [0.05, 0.1) is 30.6 Å². The molecule has 0 unspecified atom stereocenters. The van der Waals surface area contributed by atoms with Crippen LogP contribution in [0.3, 0.4) is 0 Å². The van der Waals surface area contributed by atoms with Crippen molar-refractivity contribution in [1.29, 1.82) is 0 Å². The average molecular weight is 440 g/mol. The lowest BCUT2D eigenvalue weighted by Gasteiger charge is -2.13. The number of nitrogens with zero attached hydrogens (tertiary/aromatic N) is 2. The Bertz CT molecular complexity index is 1070. The van der Waals surface area contributed by atoms with Crippen molar-refractivity contribution in [2.45, 2.75) is 6.10 Å². The van der Waals surface area contributed by atoms with E-state index in [-0.39, 0.29) is 30.2 Å². The average Bonchev–Trinajstić information content (AvgIpc) is 3.15. The Morgan fingerprint density at radius 2 is 2.00 bits per heavy atom. The number of benzene rings is 2. The summed E-state index contributed by atoms with van der Waals surface area (Å²) in [6.07, 6.45) is 3.28. The van der Waals surface area contributed by atoms with Gasteiger partial charge in [-0.3, -0.25) is 14.5 Å². The second-order valence-corrected chi connectivity index (χ2v) is 6.81. The molecule has 0 bridgehead atoms. The van der Waals surface area contributed by atoms with Gasteiger partial charge in [0.25, 0.3) is 5.91 Å². The van der Waals surface area contributed by atoms with Crippen LogP contribution in [0.15, 0.2) is 53.7 Å². The number of nitrogens with two attached hydrogens (primary N) is 1. The first-order chi connectivity index (χ1) is 15.4.